The Morgan fingerprint density at radius 3 is 2.21 bits per heavy atom. The molecule has 0 aliphatic rings. The normalized spacial score (nSPS) is 12.1. The quantitative estimate of drug-likeness (QED) is 0.360. The number of fused-ring (bicyclic) bond motifs is 1. The van der Waals surface area contributed by atoms with E-state index in [1.54, 1.807) is 42.0 Å². The zero-order valence-electron chi connectivity index (χ0n) is 22.3. The molecule has 0 bridgehead atoms. The molecule has 0 unspecified atom stereocenters. The minimum Gasteiger partial charge on any atom is -0.497 e. The molecule has 0 aliphatic carbocycles. The van der Waals surface area contributed by atoms with Crippen molar-refractivity contribution in [1.82, 2.24) is 25.2 Å². The number of carbonyl (C=O) groups excluding carboxylic acids is 2. The number of ether oxygens (including phenoxy) is 2. The molecule has 3 aromatic carbocycles. The largest absolute Gasteiger partial charge is 0.497 e. The van der Waals surface area contributed by atoms with Crippen molar-refractivity contribution in [2.75, 3.05) is 14.2 Å². The van der Waals surface area contributed by atoms with E-state index >= 15 is 0 Å². The second-order valence-electron chi connectivity index (χ2n) is 10.0. The van der Waals surface area contributed by atoms with Crippen molar-refractivity contribution >= 4 is 22.8 Å². The topological polar surface area (TPSA) is 98.6 Å². The lowest BCUT2D eigenvalue weighted by atomic mass is 10.00. The fraction of sp³-hybridized carbons (Fsp3) is 0.310. The number of methoxy groups -OCH3 is 2. The summed E-state index contributed by atoms with van der Waals surface area (Å²) in [7, 11) is 3.09. The van der Waals surface area contributed by atoms with Crippen LogP contribution in [0, 0.1) is 0 Å². The zero-order valence-corrected chi connectivity index (χ0v) is 22.3. The minimum absolute atomic E-state index is 0.0895. The van der Waals surface area contributed by atoms with Crippen LogP contribution in [0.25, 0.3) is 11.0 Å². The first kappa shape index (κ1) is 26.7. The van der Waals surface area contributed by atoms with E-state index in [0.29, 0.717) is 22.6 Å². The summed E-state index contributed by atoms with van der Waals surface area (Å²) in [5.41, 5.74) is 2.35. The maximum absolute atomic E-state index is 14.0. The Morgan fingerprint density at radius 1 is 0.947 bits per heavy atom. The van der Waals surface area contributed by atoms with Crippen molar-refractivity contribution in [3.05, 3.63) is 83.9 Å². The molecule has 0 saturated carbocycles. The summed E-state index contributed by atoms with van der Waals surface area (Å²) in [5, 5.41) is 11.4. The Morgan fingerprint density at radius 2 is 1.58 bits per heavy atom. The molecule has 9 heteroatoms. The van der Waals surface area contributed by atoms with Crippen LogP contribution in [0.2, 0.25) is 0 Å². The minimum atomic E-state index is -0.972. The van der Waals surface area contributed by atoms with Gasteiger partial charge in [0.1, 0.15) is 29.6 Å². The van der Waals surface area contributed by atoms with E-state index in [1.165, 1.54) is 0 Å². The number of amides is 2. The van der Waals surface area contributed by atoms with Crippen molar-refractivity contribution in [2.24, 2.45) is 0 Å². The summed E-state index contributed by atoms with van der Waals surface area (Å²) < 4.78 is 12.5. The molecule has 9 nitrogen and oxygen atoms in total. The van der Waals surface area contributed by atoms with Crippen molar-refractivity contribution in [1.29, 1.82) is 0 Å². The van der Waals surface area contributed by atoms with Gasteiger partial charge in [0.2, 0.25) is 11.8 Å². The molecule has 1 atom stereocenters. The van der Waals surface area contributed by atoms with E-state index in [0.717, 1.165) is 11.1 Å². The molecule has 1 aromatic heterocycles. The van der Waals surface area contributed by atoms with Gasteiger partial charge in [0.25, 0.3) is 0 Å². The maximum atomic E-state index is 14.0. The number of hydrogen-bond donors (Lipinski definition) is 1. The highest BCUT2D eigenvalue weighted by atomic mass is 16.5. The predicted octanol–water partition coefficient (Wildman–Crippen LogP) is 4.13. The second kappa shape index (κ2) is 11.3. The second-order valence-corrected chi connectivity index (χ2v) is 10.0. The predicted molar refractivity (Wildman–Crippen MR) is 145 cm³/mol. The van der Waals surface area contributed by atoms with Gasteiger partial charge in [0.05, 0.1) is 19.7 Å². The highest BCUT2D eigenvalue weighted by molar-refractivity contribution is 5.89. The molecular formula is C29H33N5O4. The summed E-state index contributed by atoms with van der Waals surface area (Å²) in [6, 6.07) is 21.3. The number of hydrogen-bond acceptors (Lipinski definition) is 6. The van der Waals surface area contributed by atoms with Crippen LogP contribution in [0.1, 0.15) is 37.9 Å². The van der Waals surface area contributed by atoms with Gasteiger partial charge in [-0.1, -0.05) is 47.7 Å². The standard InChI is InChI=1S/C29H33N5O4/c1-29(2,3)30-28(36)27(21-15-22(37-4)17-23(16-21)38-5)33(18-20-11-7-6-8-12-20)26(35)19-34-25-14-10-9-13-24(25)31-32-34/h6-17,27H,18-19H2,1-5H3,(H,30,36)/t27-/m1/s1. The number of carbonyl (C=O) groups is 2. The van der Waals surface area contributed by atoms with Gasteiger partial charge in [-0.3, -0.25) is 9.59 Å². The molecular weight excluding hydrogens is 482 g/mol. The molecule has 2 amide bonds. The Kier molecular flexibility index (Phi) is 7.95. The first-order valence-electron chi connectivity index (χ1n) is 12.3. The molecule has 38 heavy (non-hydrogen) atoms. The molecule has 198 valence electrons. The van der Waals surface area contributed by atoms with Gasteiger partial charge >= 0.3 is 0 Å². The number of aromatic nitrogens is 3. The van der Waals surface area contributed by atoms with E-state index in [4.69, 9.17) is 9.47 Å². The average molecular weight is 516 g/mol. The van der Waals surface area contributed by atoms with Crippen LogP contribution in [0.3, 0.4) is 0 Å². The van der Waals surface area contributed by atoms with Gasteiger partial charge in [-0.25, -0.2) is 4.68 Å². The van der Waals surface area contributed by atoms with Crippen LogP contribution in [0.15, 0.2) is 72.8 Å². The SMILES string of the molecule is COc1cc(OC)cc([C@H](C(=O)NC(C)(C)C)N(Cc2ccccc2)C(=O)Cn2nnc3ccccc32)c1. The van der Waals surface area contributed by atoms with Crippen molar-refractivity contribution in [2.45, 2.75) is 45.4 Å². The van der Waals surface area contributed by atoms with Crippen molar-refractivity contribution in [3.63, 3.8) is 0 Å². The molecule has 1 heterocycles. The molecule has 0 spiro atoms. The van der Waals surface area contributed by atoms with Gasteiger partial charge in [-0.05, 0) is 56.2 Å². The molecule has 0 saturated heterocycles. The number of benzene rings is 3. The van der Waals surface area contributed by atoms with Crippen LogP contribution in [0.4, 0.5) is 0 Å². The Bertz CT molecular complexity index is 1390. The number of rotatable bonds is 9. The molecule has 1 N–H and O–H groups in total. The average Bonchev–Trinajstić information content (AvgIpc) is 3.30. The number of para-hydroxylation sites is 1. The number of nitrogens with zero attached hydrogens (tertiary/aromatic N) is 4. The summed E-state index contributed by atoms with van der Waals surface area (Å²) in [5.74, 6) is 0.422. The van der Waals surface area contributed by atoms with E-state index in [2.05, 4.69) is 15.6 Å². The molecule has 0 fully saturated rings. The van der Waals surface area contributed by atoms with Gasteiger partial charge < -0.3 is 19.7 Å². The molecule has 4 rings (SSSR count). The van der Waals surface area contributed by atoms with Gasteiger partial charge in [0.15, 0.2) is 0 Å². The van der Waals surface area contributed by atoms with Crippen molar-refractivity contribution < 1.29 is 19.1 Å². The fourth-order valence-electron chi connectivity index (χ4n) is 4.25. The molecule has 0 aliphatic heterocycles. The smallest absolute Gasteiger partial charge is 0.247 e. The Hall–Kier alpha value is -4.40. The molecule has 0 radical (unpaired) electrons. The third-order valence-electron chi connectivity index (χ3n) is 5.97. The number of nitrogens with one attached hydrogen (secondary N) is 1. The summed E-state index contributed by atoms with van der Waals surface area (Å²) in [6.07, 6.45) is 0. The first-order valence-corrected chi connectivity index (χ1v) is 12.3. The Labute approximate surface area is 222 Å². The van der Waals surface area contributed by atoms with Crippen LogP contribution >= 0.6 is 0 Å². The van der Waals surface area contributed by atoms with Gasteiger partial charge in [0, 0.05) is 18.2 Å². The van der Waals surface area contributed by atoms with E-state index in [-0.39, 0.29) is 24.9 Å². The lowest BCUT2D eigenvalue weighted by Gasteiger charge is -2.34. The van der Waals surface area contributed by atoms with Crippen molar-refractivity contribution in [3.8, 4) is 11.5 Å². The van der Waals surface area contributed by atoms with E-state index in [9.17, 15) is 9.59 Å². The van der Waals surface area contributed by atoms with Crippen LogP contribution in [0.5, 0.6) is 11.5 Å². The lowest BCUT2D eigenvalue weighted by Crippen LogP contribution is -2.49. The first-order chi connectivity index (χ1) is 18.2. The summed E-state index contributed by atoms with van der Waals surface area (Å²) in [4.78, 5) is 29.5. The Balaban J connectivity index is 1.82. The highest BCUT2D eigenvalue weighted by Gasteiger charge is 2.34. The third-order valence-corrected chi connectivity index (χ3v) is 5.97. The third kappa shape index (κ3) is 6.29. The van der Waals surface area contributed by atoms with Crippen LogP contribution in [-0.2, 0) is 22.7 Å². The van der Waals surface area contributed by atoms with Crippen LogP contribution in [-0.4, -0.2) is 51.5 Å². The van der Waals surface area contributed by atoms with Crippen LogP contribution < -0.4 is 14.8 Å². The summed E-state index contributed by atoms with van der Waals surface area (Å²) in [6.45, 7) is 5.82. The lowest BCUT2D eigenvalue weighted by molar-refractivity contribution is -0.142. The monoisotopic (exact) mass is 515 g/mol. The van der Waals surface area contributed by atoms with Gasteiger partial charge in [-0.15, -0.1) is 5.10 Å². The zero-order chi connectivity index (χ0) is 27.3. The van der Waals surface area contributed by atoms with E-state index in [1.807, 2.05) is 75.4 Å². The van der Waals surface area contributed by atoms with Gasteiger partial charge in [-0.2, -0.15) is 0 Å². The highest BCUT2D eigenvalue weighted by Crippen LogP contribution is 2.32. The summed E-state index contributed by atoms with van der Waals surface area (Å²) >= 11 is 0. The van der Waals surface area contributed by atoms with E-state index < -0.39 is 11.6 Å². The molecule has 4 aromatic rings. The fourth-order valence-corrected chi connectivity index (χ4v) is 4.25. The maximum Gasteiger partial charge on any atom is 0.247 e.